The van der Waals surface area contributed by atoms with Gasteiger partial charge < -0.3 is 10.2 Å². The van der Waals surface area contributed by atoms with E-state index in [9.17, 15) is 10.2 Å². The third-order valence-corrected chi connectivity index (χ3v) is 4.04. The van der Waals surface area contributed by atoms with Gasteiger partial charge in [0.15, 0.2) is 0 Å². The van der Waals surface area contributed by atoms with E-state index in [1.165, 1.54) is 0 Å². The standard InChI is InChI=1S/C20H14O2/c21-15-11-10-13-4-1-7-16(18(13)12-15)17-8-2-5-14-6-3-9-19(22)20(14)17/h1-12,21-22H. The van der Waals surface area contributed by atoms with Crippen molar-refractivity contribution in [3.63, 3.8) is 0 Å². The maximum absolute atomic E-state index is 10.3. The fourth-order valence-electron chi connectivity index (χ4n) is 3.04. The minimum Gasteiger partial charge on any atom is -0.508 e. The number of fused-ring (bicyclic) bond motifs is 2. The van der Waals surface area contributed by atoms with Gasteiger partial charge in [-0.05, 0) is 45.5 Å². The Morgan fingerprint density at radius 1 is 0.591 bits per heavy atom. The van der Waals surface area contributed by atoms with Crippen LogP contribution >= 0.6 is 0 Å². The van der Waals surface area contributed by atoms with Gasteiger partial charge in [0.25, 0.3) is 0 Å². The Hall–Kier alpha value is -3.00. The molecule has 4 aromatic rings. The van der Waals surface area contributed by atoms with Gasteiger partial charge in [-0.25, -0.2) is 0 Å². The third-order valence-electron chi connectivity index (χ3n) is 4.04. The second-order valence-electron chi connectivity index (χ2n) is 5.39. The number of benzene rings is 4. The molecule has 0 amide bonds. The second kappa shape index (κ2) is 4.78. The van der Waals surface area contributed by atoms with E-state index in [-0.39, 0.29) is 11.5 Å². The van der Waals surface area contributed by atoms with Crippen molar-refractivity contribution in [2.45, 2.75) is 0 Å². The predicted octanol–water partition coefficient (Wildman–Crippen LogP) is 5.07. The van der Waals surface area contributed by atoms with Gasteiger partial charge in [0, 0.05) is 5.39 Å². The number of phenolic OH excluding ortho intramolecular Hbond substituents is 2. The molecule has 0 aliphatic carbocycles. The topological polar surface area (TPSA) is 40.5 Å². The number of aromatic hydroxyl groups is 2. The van der Waals surface area contributed by atoms with Crippen LogP contribution in [0.3, 0.4) is 0 Å². The molecule has 0 aliphatic rings. The lowest BCUT2D eigenvalue weighted by atomic mass is 9.93. The van der Waals surface area contributed by atoms with Crippen LogP contribution in [0.1, 0.15) is 0 Å². The van der Waals surface area contributed by atoms with Crippen molar-refractivity contribution in [2.75, 3.05) is 0 Å². The highest BCUT2D eigenvalue weighted by molar-refractivity contribution is 6.07. The van der Waals surface area contributed by atoms with Crippen LogP contribution in [0, 0.1) is 0 Å². The molecule has 0 saturated carbocycles. The molecule has 0 saturated heterocycles. The van der Waals surface area contributed by atoms with Crippen molar-refractivity contribution in [3.05, 3.63) is 72.8 Å². The Morgan fingerprint density at radius 2 is 1.27 bits per heavy atom. The van der Waals surface area contributed by atoms with Gasteiger partial charge in [-0.1, -0.05) is 54.6 Å². The maximum atomic E-state index is 10.3. The molecular formula is C20H14O2. The van der Waals surface area contributed by atoms with Gasteiger partial charge in [0.1, 0.15) is 11.5 Å². The zero-order valence-corrected chi connectivity index (χ0v) is 11.8. The molecule has 106 valence electrons. The summed E-state index contributed by atoms with van der Waals surface area (Å²) in [5, 5.41) is 24.0. The highest BCUT2D eigenvalue weighted by atomic mass is 16.3. The summed E-state index contributed by atoms with van der Waals surface area (Å²) in [4.78, 5) is 0. The highest BCUT2D eigenvalue weighted by Crippen LogP contribution is 2.38. The van der Waals surface area contributed by atoms with Gasteiger partial charge in [0.2, 0.25) is 0 Å². The fourth-order valence-corrected chi connectivity index (χ4v) is 3.04. The third kappa shape index (κ3) is 1.89. The SMILES string of the molecule is Oc1ccc2cccc(-c3cccc4cccc(O)c34)c2c1. The molecule has 0 aliphatic heterocycles. The first kappa shape index (κ1) is 12.7. The van der Waals surface area contributed by atoms with E-state index in [2.05, 4.69) is 0 Å². The average molecular weight is 286 g/mol. The first-order chi connectivity index (χ1) is 10.7. The molecule has 0 fully saturated rings. The van der Waals surface area contributed by atoms with Crippen LogP contribution in [0.2, 0.25) is 0 Å². The Balaban J connectivity index is 2.14. The molecule has 0 aromatic heterocycles. The van der Waals surface area contributed by atoms with Crippen LogP contribution in [0.4, 0.5) is 0 Å². The summed E-state index contributed by atoms with van der Waals surface area (Å²) >= 11 is 0. The summed E-state index contributed by atoms with van der Waals surface area (Å²) in [5.74, 6) is 0.509. The van der Waals surface area contributed by atoms with Crippen LogP contribution in [0.5, 0.6) is 11.5 Å². The maximum Gasteiger partial charge on any atom is 0.124 e. The van der Waals surface area contributed by atoms with Crippen LogP contribution in [-0.2, 0) is 0 Å². The number of rotatable bonds is 1. The van der Waals surface area contributed by atoms with Crippen molar-refractivity contribution in [2.24, 2.45) is 0 Å². The normalized spacial score (nSPS) is 11.1. The minimum absolute atomic E-state index is 0.240. The smallest absolute Gasteiger partial charge is 0.124 e. The van der Waals surface area contributed by atoms with Gasteiger partial charge in [-0.3, -0.25) is 0 Å². The van der Waals surface area contributed by atoms with Gasteiger partial charge >= 0.3 is 0 Å². The van der Waals surface area contributed by atoms with E-state index in [1.54, 1.807) is 18.2 Å². The van der Waals surface area contributed by atoms with Crippen LogP contribution < -0.4 is 0 Å². The van der Waals surface area contributed by atoms with E-state index in [4.69, 9.17) is 0 Å². The molecule has 0 bridgehead atoms. The van der Waals surface area contributed by atoms with Gasteiger partial charge in [-0.15, -0.1) is 0 Å². The molecule has 0 heterocycles. The van der Waals surface area contributed by atoms with Crippen molar-refractivity contribution >= 4 is 21.5 Å². The summed E-state index contributed by atoms with van der Waals surface area (Å²) in [7, 11) is 0. The summed E-state index contributed by atoms with van der Waals surface area (Å²) in [5.41, 5.74) is 1.97. The lowest BCUT2D eigenvalue weighted by Gasteiger charge is -2.11. The van der Waals surface area contributed by atoms with E-state index in [1.807, 2.05) is 54.6 Å². The average Bonchev–Trinajstić information content (AvgIpc) is 2.54. The molecule has 0 radical (unpaired) electrons. The van der Waals surface area contributed by atoms with E-state index in [0.717, 1.165) is 32.7 Å². The molecule has 4 rings (SSSR count). The van der Waals surface area contributed by atoms with E-state index >= 15 is 0 Å². The Labute approximate surface area is 127 Å². The first-order valence-corrected chi connectivity index (χ1v) is 7.17. The van der Waals surface area contributed by atoms with Crippen LogP contribution in [0.15, 0.2) is 72.8 Å². The Morgan fingerprint density at radius 3 is 2.09 bits per heavy atom. The summed E-state index contributed by atoms with van der Waals surface area (Å²) in [6, 6.07) is 22.9. The first-order valence-electron chi connectivity index (χ1n) is 7.17. The number of phenols is 2. The van der Waals surface area contributed by atoms with Crippen molar-refractivity contribution in [1.29, 1.82) is 0 Å². The molecule has 2 heteroatoms. The summed E-state index contributed by atoms with van der Waals surface area (Å²) < 4.78 is 0. The number of hydrogen-bond acceptors (Lipinski definition) is 2. The van der Waals surface area contributed by atoms with E-state index < -0.39 is 0 Å². The molecule has 4 aromatic carbocycles. The van der Waals surface area contributed by atoms with Gasteiger partial charge in [0.05, 0.1) is 0 Å². The molecule has 0 atom stereocenters. The van der Waals surface area contributed by atoms with Crippen molar-refractivity contribution in [3.8, 4) is 22.6 Å². The monoisotopic (exact) mass is 286 g/mol. The highest BCUT2D eigenvalue weighted by Gasteiger charge is 2.10. The molecule has 0 spiro atoms. The molecule has 0 unspecified atom stereocenters. The summed E-state index contributed by atoms with van der Waals surface area (Å²) in [6.07, 6.45) is 0. The van der Waals surface area contributed by atoms with Gasteiger partial charge in [-0.2, -0.15) is 0 Å². The number of hydrogen-bond donors (Lipinski definition) is 2. The summed E-state index contributed by atoms with van der Waals surface area (Å²) in [6.45, 7) is 0. The van der Waals surface area contributed by atoms with Crippen molar-refractivity contribution in [1.82, 2.24) is 0 Å². The van der Waals surface area contributed by atoms with E-state index in [0.29, 0.717) is 0 Å². The Bertz CT molecular complexity index is 998. The van der Waals surface area contributed by atoms with Crippen LogP contribution in [-0.4, -0.2) is 10.2 Å². The molecule has 2 nitrogen and oxygen atoms in total. The zero-order chi connectivity index (χ0) is 15.1. The Kier molecular flexibility index (Phi) is 2.76. The predicted molar refractivity (Wildman–Crippen MR) is 90.2 cm³/mol. The largest absolute Gasteiger partial charge is 0.508 e. The zero-order valence-electron chi connectivity index (χ0n) is 11.8. The molecule has 22 heavy (non-hydrogen) atoms. The van der Waals surface area contributed by atoms with Crippen molar-refractivity contribution < 1.29 is 10.2 Å². The molecule has 2 N–H and O–H groups in total. The second-order valence-corrected chi connectivity index (χ2v) is 5.39. The van der Waals surface area contributed by atoms with Crippen LogP contribution in [0.25, 0.3) is 32.7 Å². The molecular weight excluding hydrogens is 272 g/mol. The fraction of sp³-hybridized carbons (Fsp3) is 0. The minimum atomic E-state index is 0.240. The quantitative estimate of drug-likeness (QED) is 0.513. The lowest BCUT2D eigenvalue weighted by Crippen LogP contribution is -1.84. The lowest BCUT2D eigenvalue weighted by molar-refractivity contribution is 0.476.